The van der Waals surface area contributed by atoms with Gasteiger partial charge in [-0.15, -0.1) is 6.42 Å². The molecule has 1 heterocycles. The SMILES string of the molecule is C#CC#CCCCCCCCCC(C(=O)O)c1ccco1. The standard InChI is InChI=1S/C18H22O3/c1-2-3-4-5-6-7-8-9-10-11-13-16(18(19)20)17-14-12-15-21-17/h1,12,14-16H,5-11,13H2,(H,19,20). The third-order valence-electron chi connectivity index (χ3n) is 3.39. The summed E-state index contributed by atoms with van der Waals surface area (Å²) in [5, 5.41) is 9.20. The molecule has 1 rings (SSSR count). The largest absolute Gasteiger partial charge is 0.481 e. The first-order valence-electron chi connectivity index (χ1n) is 7.45. The number of rotatable bonds is 10. The highest BCUT2D eigenvalue weighted by Crippen LogP contribution is 2.23. The number of carboxylic acid groups (broad SMARTS) is 1. The Morgan fingerprint density at radius 3 is 2.57 bits per heavy atom. The van der Waals surface area contributed by atoms with Gasteiger partial charge in [-0.1, -0.05) is 38.0 Å². The fourth-order valence-corrected chi connectivity index (χ4v) is 2.26. The first-order valence-corrected chi connectivity index (χ1v) is 7.45. The number of hydrogen-bond acceptors (Lipinski definition) is 2. The minimum absolute atomic E-state index is 0.515. The van der Waals surface area contributed by atoms with Gasteiger partial charge in [0.25, 0.3) is 0 Å². The Hall–Kier alpha value is -2.13. The number of terminal acetylenes is 1. The Labute approximate surface area is 126 Å². The fourth-order valence-electron chi connectivity index (χ4n) is 2.26. The Morgan fingerprint density at radius 2 is 1.95 bits per heavy atom. The van der Waals surface area contributed by atoms with E-state index in [1.165, 1.54) is 6.26 Å². The second-order valence-electron chi connectivity index (χ2n) is 5.01. The minimum atomic E-state index is -0.808. The Balaban J connectivity index is 2.08. The molecule has 1 aromatic heterocycles. The number of hydrogen-bond donors (Lipinski definition) is 1. The highest BCUT2D eigenvalue weighted by molar-refractivity contribution is 5.75. The lowest BCUT2D eigenvalue weighted by Gasteiger charge is -2.09. The summed E-state index contributed by atoms with van der Waals surface area (Å²) in [7, 11) is 0. The summed E-state index contributed by atoms with van der Waals surface area (Å²) in [5.74, 6) is 7.06. The lowest BCUT2D eigenvalue weighted by molar-refractivity contribution is -0.139. The van der Waals surface area contributed by atoms with Gasteiger partial charge in [-0.2, -0.15) is 0 Å². The number of unbranched alkanes of at least 4 members (excludes halogenated alkanes) is 6. The van der Waals surface area contributed by atoms with Crippen molar-refractivity contribution in [2.24, 2.45) is 0 Å². The van der Waals surface area contributed by atoms with E-state index in [2.05, 4.69) is 17.8 Å². The fraction of sp³-hybridized carbons (Fsp3) is 0.500. The predicted molar refractivity (Wildman–Crippen MR) is 82.6 cm³/mol. The normalized spacial score (nSPS) is 11.2. The van der Waals surface area contributed by atoms with Crippen LogP contribution < -0.4 is 0 Å². The maximum absolute atomic E-state index is 11.2. The highest BCUT2D eigenvalue weighted by Gasteiger charge is 2.21. The van der Waals surface area contributed by atoms with Crippen molar-refractivity contribution >= 4 is 5.97 Å². The highest BCUT2D eigenvalue weighted by atomic mass is 16.4. The zero-order valence-corrected chi connectivity index (χ0v) is 12.3. The minimum Gasteiger partial charge on any atom is -0.481 e. The van der Waals surface area contributed by atoms with Crippen LogP contribution in [0.3, 0.4) is 0 Å². The number of furan rings is 1. The van der Waals surface area contributed by atoms with E-state index in [0.717, 1.165) is 44.9 Å². The predicted octanol–water partition coefficient (Wildman–Crippen LogP) is 4.21. The van der Waals surface area contributed by atoms with Crippen molar-refractivity contribution in [3.63, 3.8) is 0 Å². The van der Waals surface area contributed by atoms with Crippen LogP contribution in [0.15, 0.2) is 22.8 Å². The van der Waals surface area contributed by atoms with Gasteiger partial charge in [0, 0.05) is 6.42 Å². The number of carboxylic acids is 1. The van der Waals surface area contributed by atoms with E-state index in [4.69, 9.17) is 10.8 Å². The molecule has 0 fully saturated rings. The van der Waals surface area contributed by atoms with E-state index >= 15 is 0 Å². The van der Waals surface area contributed by atoms with Crippen molar-refractivity contribution in [1.82, 2.24) is 0 Å². The third-order valence-corrected chi connectivity index (χ3v) is 3.39. The topological polar surface area (TPSA) is 50.4 Å². The number of carbonyl (C=O) groups is 1. The average Bonchev–Trinajstić information content (AvgIpc) is 2.98. The lowest BCUT2D eigenvalue weighted by Crippen LogP contribution is -2.10. The van der Waals surface area contributed by atoms with E-state index in [-0.39, 0.29) is 0 Å². The molecule has 0 radical (unpaired) electrons. The zero-order chi connectivity index (χ0) is 15.3. The molecular formula is C18H22O3. The molecule has 0 aromatic carbocycles. The molecule has 0 aliphatic heterocycles. The first-order chi connectivity index (χ1) is 10.3. The molecule has 0 saturated heterocycles. The molecule has 112 valence electrons. The zero-order valence-electron chi connectivity index (χ0n) is 12.3. The molecular weight excluding hydrogens is 264 g/mol. The van der Waals surface area contributed by atoms with E-state index in [1.54, 1.807) is 12.1 Å². The van der Waals surface area contributed by atoms with Crippen LogP contribution in [0.25, 0.3) is 0 Å². The lowest BCUT2D eigenvalue weighted by atomic mass is 9.98. The van der Waals surface area contributed by atoms with Gasteiger partial charge in [0.2, 0.25) is 0 Å². The molecule has 1 atom stereocenters. The Morgan fingerprint density at radius 1 is 1.24 bits per heavy atom. The second-order valence-corrected chi connectivity index (χ2v) is 5.01. The second kappa shape index (κ2) is 10.6. The van der Waals surface area contributed by atoms with Gasteiger partial charge >= 0.3 is 5.97 Å². The molecule has 0 spiro atoms. The summed E-state index contributed by atoms with van der Waals surface area (Å²) in [6.07, 6.45) is 14.6. The van der Waals surface area contributed by atoms with Crippen molar-refractivity contribution in [1.29, 1.82) is 0 Å². The summed E-state index contributed by atoms with van der Waals surface area (Å²) in [5.41, 5.74) is 0. The molecule has 0 aliphatic carbocycles. The van der Waals surface area contributed by atoms with Gasteiger partial charge in [-0.25, -0.2) is 0 Å². The van der Waals surface area contributed by atoms with Crippen LogP contribution in [0.2, 0.25) is 0 Å². The number of aliphatic carboxylic acids is 1. The van der Waals surface area contributed by atoms with Crippen LogP contribution in [-0.4, -0.2) is 11.1 Å². The molecule has 0 saturated carbocycles. The van der Waals surface area contributed by atoms with Gasteiger partial charge < -0.3 is 9.52 Å². The molecule has 21 heavy (non-hydrogen) atoms. The summed E-state index contributed by atoms with van der Waals surface area (Å²) in [4.78, 5) is 11.2. The molecule has 1 unspecified atom stereocenters. The molecule has 1 aromatic rings. The van der Waals surface area contributed by atoms with Crippen molar-refractivity contribution in [3.05, 3.63) is 24.2 Å². The molecule has 0 bridgehead atoms. The van der Waals surface area contributed by atoms with Crippen molar-refractivity contribution < 1.29 is 14.3 Å². The summed E-state index contributed by atoms with van der Waals surface area (Å²) < 4.78 is 5.19. The first kappa shape index (κ1) is 16.9. The molecule has 0 aliphatic rings. The maximum Gasteiger partial charge on any atom is 0.314 e. The summed E-state index contributed by atoms with van der Waals surface area (Å²) in [6.45, 7) is 0. The third kappa shape index (κ3) is 7.28. The van der Waals surface area contributed by atoms with Crippen molar-refractivity contribution in [2.45, 2.75) is 57.3 Å². The van der Waals surface area contributed by atoms with Gasteiger partial charge in [0.1, 0.15) is 11.7 Å². The smallest absolute Gasteiger partial charge is 0.314 e. The van der Waals surface area contributed by atoms with Crippen LogP contribution in [0.1, 0.15) is 63.0 Å². The maximum atomic E-state index is 11.2. The van der Waals surface area contributed by atoms with Gasteiger partial charge in [-0.05, 0) is 36.8 Å². The average molecular weight is 286 g/mol. The molecule has 3 heteroatoms. The van der Waals surface area contributed by atoms with E-state index in [0.29, 0.717) is 12.2 Å². The molecule has 1 N–H and O–H groups in total. The van der Waals surface area contributed by atoms with Crippen LogP contribution in [0.5, 0.6) is 0 Å². The van der Waals surface area contributed by atoms with Crippen molar-refractivity contribution in [2.75, 3.05) is 0 Å². The van der Waals surface area contributed by atoms with Crippen LogP contribution >= 0.6 is 0 Å². The summed E-state index contributed by atoms with van der Waals surface area (Å²) >= 11 is 0. The molecule has 3 nitrogen and oxygen atoms in total. The quantitative estimate of drug-likeness (QED) is 0.518. The Bertz CT molecular complexity index is 497. The van der Waals surface area contributed by atoms with Crippen molar-refractivity contribution in [3.8, 4) is 24.2 Å². The van der Waals surface area contributed by atoms with E-state index in [9.17, 15) is 9.90 Å². The van der Waals surface area contributed by atoms with Crippen LogP contribution in [0, 0.1) is 24.2 Å². The van der Waals surface area contributed by atoms with Gasteiger partial charge in [0.15, 0.2) is 0 Å². The van der Waals surface area contributed by atoms with Gasteiger partial charge in [0.05, 0.1) is 6.26 Å². The molecule has 0 amide bonds. The van der Waals surface area contributed by atoms with Crippen LogP contribution in [-0.2, 0) is 4.79 Å². The Kier molecular flexibility index (Phi) is 8.57. The van der Waals surface area contributed by atoms with Gasteiger partial charge in [-0.3, -0.25) is 4.79 Å². The van der Waals surface area contributed by atoms with E-state index in [1.807, 2.05) is 0 Å². The van der Waals surface area contributed by atoms with Crippen LogP contribution in [0.4, 0.5) is 0 Å². The monoisotopic (exact) mass is 286 g/mol. The van der Waals surface area contributed by atoms with E-state index < -0.39 is 11.9 Å². The summed E-state index contributed by atoms with van der Waals surface area (Å²) in [6, 6.07) is 3.46.